The first kappa shape index (κ1) is 16.2. The Morgan fingerprint density at radius 2 is 1.87 bits per heavy atom. The van der Waals surface area contributed by atoms with E-state index in [9.17, 15) is 4.79 Å². The average molecular weight is 317 g/mol. The van der Waals surface area contributed by atoms with Crippen LogP contribution in [0, 0.1) is 5.92 Å². The molecule has 1 saturated carbocycles. The largest absolute Gasteiger partial charge is 0.486 e. The summed E-state index contributed by atoms with van der Waals surface area (Å²) in [5, 5.41) is 3.20. The van der Waals surface area contributed by atoms with Crippen molar-refractivity contribution in [3.63, 3.8) is 0 Å². The first-order valence-corrected chi connectivity index (χ1v) is 8.82. The monoisotopic (exact) mass is 317 g/mol. The zero-order valence-electron chi connectivity index (χ0n) is 14.1. The van der Waals surface area contributed by atoms with Crippen molar-refractivity contribution >= 4 is 5.91 Å². The predicted molar refractivity (Wildman–Crippen MR) is 90.0 cm³/mol. The van der Waals surface area contributed by atoms with Crippen molar-refractivity contribution in [1.29, 1.82) is 0 Å². The van der Waals surface area contributed by atoms with E-state index in [1.165, 1.54) is 12.8 Å². The van der Waals surface area contributed by atoms with Crippen LogP contribution in [0.2, 0.25) is 0 Å². The van der Waals surface area contributed by atoms with Crippen molar-refractivity contribution in [3.05, 3.63) is 23.8 Å². The van der Waals surface area contributed by atoms with Crippen molar-refractivity contribution in [1.82, 2.24) is 5.32 Å². The summed E-state index contributed by atoms with van der Waals surface area (Å²) in [6.45, 7) is 5.53. The smallest absolute Gasteiger partial charge is 0.220 e. The molecule has 1 unspecified atom stereocenters. The average Bonchev–Trinajstić information content (AvgIpc) is 3.05. The van der Waals surface area contributed by atoms with Gasteiger partial charge in [-0.15, -0.1) is 0 Å². The van der Waals surface area contributed by atoms with Crippen molar-refractivity contribution in [2.75, 3.05) is 13.2 Å². The van der Waals surface area contributed by atoms with Crippen LogP contribution in [0.5, 0.6) is 11.5 Å². The lowest BCUT2D eigenvalue weighted by molar-refractivity contribution is -0.122. The number of amides is 1. The van der Waals surface area contributed by atoms with Gasteiger partial charge in [0.15, 0.2) is 11.5 Å². The minimum atomic E-state index is 0.172. The fraction of sp³-hybridized carbons (Fsp3) is 0.632. The summed E-state index contributed by atoms with van der Waals surface area (Å²) in [4.78, 5) is 12.4. The molecule has 0 saturated heterocycles. The summed E-state index contributed by atoms with van der Waals surface area (Å²) in [5.41, 5.74) is 1.16. The highest BCUT2D eigenvalue weighted by Gasteiger charge is 2.24. The topological polar surface area (TPSA) is 47.6 Å². The molecule has 1 aromatic rings. The zero-order valence-corrected chi connectivity index (χ0v) is 14.1. The molecular weight excluding hydrogens is 290 g/mol. The molecule has 2 aliphatic rings. The van der Waals surface area contributed by atoms with E-state index in [-0.39, 0.29) is 11.8 Å². The molecule has 1 atom stereocenters. The number of hydrogen-bond acceptors (Lipinski definition) is 3. The molecule has 1 fully saturated rings. The van der Waals surface area contributed by atoms with Crippen LogP contribution in [0.25, 0.3) is 0 Å². The summed E-state index contributed by atoms with van der Waals surface area (Å²) >= 11 is 0. The normalized spacial score (nSPS) is 18.9. The Balaban J connectivity index is 1.69. The summed E-state index contributed by atoms with van der Waals surface area (Å²) < 4.78 is 11.3. The Bertz CT molecular complexity index is 550. The van der Waals surface area contributed by atoms with Crippen LogP contribution >= 0.6 is 0 Å². The first-order valence-electron chi connectivity index (χ1n) is 8.82. The van der Waals surface area contributed by atoms with Crippen LogP contribution in [0.4, 0.5) is 0 Å². The molecule has 1 N–H and O–H groups in total. The first-order chi connectivity index (χ1) is 11.1. The van der Waals surface area contributed by atoms with Crippen LogP contribution in [0.3, 0.4) is 0 Å². The van der Waals surface area contributed by atoms with E-state index >= 15 is 0 Å². The molecule has 0 radical (unpaired) electrons. The molecule has 3 rings (SSSR count). The summed E-state index contributed by atoms with van der Waals surface area (Å²) in [5.74, 6) is 2.37. The third kappa shape index (κ3) is 3.98. The molecule has 1 aliphatic heterocycles. The molecule has 23 heavy (non-hydrogen) atoms. The Morgan fingerprint density at radius 3 is 2.57 bits per heavy atom. The molecular formula is C19H27NO3. The third-order valence-corrected chi connectivity index (χ3v) is 4.92. The molecule has 0 bridgehead atoms. The summed E-state index contributed by atoms with van der Waals surface area (Å²) in [6, 6.07) is 6.47. The fourth-order valence-electron chi connectivity index (χ4n) is 3.59. The van der Waals surface area contributed by atoms with Crippen molar-refractivity contribution in [3.8, 4) is 11.5 Å². The number of carbonyl (C=O) groups is 1. The molecule has 126 valence electrons. The van der Waals surface area contributed by atoms with Crippen LogP contribution < -0.4 is 14.8 Å². The van der Waals surface area contributed by atoms with Crippen molar-refractivity contribution in [2.24, 2.45) is 5.92 Å². The molecule has 0 aromatic heterocycles. The Hall–Kier alpha value is -1.71. The predicted octanol–water partition coefficient (Wildman–Crippen LogP) is 3.65. The quantitative estimate of drug-likeness (QED) is 0.902. The Morgan fingerprint density at radius 1 is 1.17 bits per heavy atom. The third-order valence-electron chi connectivity index (χ3n) is 4.92. The van der Waals surface area contributed by atoms with Gasteiger partial charge in [0.1, 0.15) is 13.2 Å². The number of ether oxygens (including phenoxy) is 2. The number of hydrogen-bond donors (Lipinski definition) is 1. The lowest BCUT2D eigenvalue weighted by atomic mass is 9.85. The molecule has 1 amide bonds. The number of fused-ring (bicyclic) bond motifs is 1. The van der Waals surface area contributed by atoms with Gasteiger partial charge in [-0.2, -0.15) is 0 Å². The molecule has 4 heteroatoms. The fourth-order valence-corrected chi connectivity index (χ4v) is 3.59. The molecule has 4 nitrogen and oxygen atoms in total. The van der Waals surface area contributed by atoms with Gasteiger partial charge >= 0.3 is 0 Å². The summed E-state index contributed by atoms with van der Waals surface area (Å²) in [6.07, 6.45) is 5.26. The van der Waals surface area contributed by atoms with Crippen LogP contribution in [-0.2, 0) is 4.79 Å². The van der Waals surface area contributed by atoms with Gasteiger partial charge in [0.05, 0.1) is 0 Å². The van der Waals surface area contributed by atoms with Gasteiger partial charge in [-0.05, 0) is 42.4 Å². The highest BCUT2D eigenvalue weighted by atomic mass is 16.6. The van der Waals surface area contributed by atoms with Crippen molar-refractivity contribution < 1.29 is 14.3 Å². The van der Waals surface area contributed by atoms with Gasteiger partial charge in [-0.1, -0.05) is 32.8 Å². The number of nitrogens with one attached hydrogen (secondary N) is 1. The highest BCUT2D eigenvalue weighted by molar-refractivity contribution is 5.77. The molecule has 1 aromatic carbocycles. The molecule has 1 heterocycles. The molecule has 1 aliphatic carbocycles. The maximum atomic E-state index is 12.4. The lowest BCUT2D eigenvalue weighted by Crippen LogP contribution is -2.34. The van der Waals surface area contributed by atoms with Gasteiger partial charge < -0.3 is 14.8 Å². The van der Waals surface area contributed by atoms with Gasteiger partial charge in [-0.25, -0.2) is 0 Å². The SMILES string of the molecule is CC(C)C(CC(=O)NC1CCCC1)c1ccc2c(c1)OCCO2. The van der Waals surface area contributed by atoms with E-state index in [0.717, 1.165) is 29.9 Å². The van der Waals surface area contributed by atoms with E-state index in [4.69, 9.17) is 9.47 Å². The Labute approximate surface area is 138 Å². The summed E-state index contributed by atoms with van der Waals surface area (Å²) in [7, 11) is 0. The number of rotatable bonds is 5. The van der Waals surface area contributed by atoms with Crippen molar-refractivity contribution in [2.45, 2.75) is 57.9 Å². The number of carbonyl (C=O) groups excluding carboxylic acids is 1. The van der Waals surface area contributed by atoms with Gasteiger partial charge in [0.25, 0.3) is 0 Å². The number of benzene rings is 1. The Kier molecular flexibility index (Phi) is 5.09. The van der Waals surface area contributed by atoms with E-state index in [0.29, 0.717) is 31.6 Å². The van der Waals surface area contributed by atoms with Gasteiger partial charge in [0, 0.05) is 12.5 Å². The van der Waals surface area contributed by atoms with Crippen LogP contribution in [0.15, 0.2) is 18.2 Å². The minimum absolute atomic E-state index is 0.172. The standard InChI is InChI=1S/C19H27NO3/c1-13(2)16(12-19(21)20-15-5-3-4-6-15)14-7-8-17-18(11-14)23-10-9-22-17/h7-8,11,13,15-16H,3-6,9-10,12H2,1-2H3,(H,20,21). The van der Waals surface area contributed by atoms with E-state index in [1.807, 2.05) is 12.1 Å². The van der Waals surface area contributed by atoms with Crippen LogP contribution in [-0.4, -0.2) is 25.2 Å². The van der Waals surface area contributed by atoms with Gasteiger partial charge in [0.2, 0.25) is 5.91 Å². The highest BCUT2D eigenvalue weighted by Crippen LogP contribution is 2.36. The zero-order chi connectivity index (χ0) is 16.2. The van der Waals surface area contributed by atoms with Gasteiger partial charge in [-0.3, -0.25) is 4.79 Å². The second kappa shape index (κ2) is 7.24. The molecule has 0 spiro atoms. The van der Waals surface area contributed by atoms with Crippen LogP contribution in [0.1, 0.15) is 57.4 Å². The second-order valence-electron chi connectivity index (χ2n) is 7.01. The maximum absolute atomic E-state index is 12.4. The lowest BCUT2D eigenvalue weighted by Gasteiger charge is -2.25. The van der Waals surface area contributed by atoms with E-state index < -0.39 is 0 Å². The second-order valence-corrected chi connectivity index (χ2v) is 7.01. The minimum Gasteiger partial charge on any atom is -0.486 e. The van der Waals surface area contributed by atoms with E-state index in [2.05, 4.69) is 25.2 Å². The van der Waals surface area contributed by atoms with E-state index in [1.54, 1.807) is 0 Å². The maximum Gasteiger partial charge on any atom is 0.220 e.